The summed E-state index contributed by atoms with van der Waals surface area (Å²) in [7, 11) is 0. The number of halogens is 1. The van der Waals surface area contributed by atoms with Crippen LogP contribution in [0.1, 0.15) is 5.56 Å². The van der Waals surface area contributed by atoms with Crippen molar-refractivity contribution in [3.05, 3.63) is 28.4 Å². The third-order valence-electron chi connectivity index (χ3n) is 2.34. The normalized spacial score (nSPS) is 14.5. The first-order valence-electron chi connectivity index (χ1n) is 4.19. The van der Waals surface area contributed by atoms with Crippen molar-refractivity contribution in [2.75, 3.05) is 6.61 Å². The lowest BCUT2D eigenvalue weighted by Gasteiger charge is -2.12. The summed E-state index contributed by atoms with van der Waals surface area (Å²) < 4.78 is 11.9. The van der Waals surface area contributed by atoms with E-state index < -0.39 is 0 Å². The molecule has 3 heteroatoms. The molecule has 0 saturated heterocycles. The molecule has 0 saturated carbocycles. The van der Waals surface area contributed by atoms with Crippen LogP contribution in [0.15, 0.2) is 27.3 Å². The maximum Gasteiger partial charge on any atom is 0.173 e. The Bertz CT molecular complexity index is 473. The van der Waals surface area contributed by atoms with Crippen molar-refractivity contribution >= 4 is 26.9 Å². The minimum Gasteiger partial charge on any atom is -0.492 e. The third-order valence-corrected chi connectivity index (χ3v) is 2.98. The van der Waals surface area contributed by atoms with E-state index in [1.165, 1.54) is 5.56 Å². The monoisotopic (exact) mass is 238 g/mol. The summed E-state index contributed by atoms with van der Waals surface area (Å²) >= 11 is 3.42. The second kappa shape index (κ2) is 2.51. The van der Waals surface area contributed by atoms with E-state index in [0.29, 0.717) is 0 Å². The van der Waals surface area contributed by atoms with Crippen molar-refractivity contribution in [2.45, 2.75) is 6.42 Å². The Morgan fingerprint density at radius 3 is 3.15 bits per heavy atom. The lowest BCUT2D eigenvalue weighted by Crippen LogP contribution is -2.06. The van der Waals surface area contributed by atoms with E-state index in [-0.39, 0.29) is 0 Å². The molecular weight excluding hydrogens is 232 g/mol. The number of benzene rings is 1. The van der Waals surface area contributed by atoms with Crippen molar-refractivity contribution in [1.82, 2.24) is 0 Å². The standard InChI is InChI=1S/C10H7BrO2/c11-10-6-4-5-12-7-2-1-3-8(13-10)9(6)7/h1-3H,4-5H2. The number of hydrogen-bond acceptors (Lipinski definition) is 2. The molecule has 0 spiro atoms. The topological polar surface area (TPSA) is 22.4 Å². The van der Waals surface area contributed by atoms with Gasteiger partial charge in [0.1, 0.15) is 11.3 Å². The van der Waals surface area contributed by atoms with E-state index in [1.807, 2.05) is 18.2 Å². The van der Waals surface area contributed by atoms with Gasteiger partial charge in [-0.25, -0.2) is 0 Å². The molecule has 2 nitrogen and oxygen atoms in total. The summed E-state index contributed by atoms with van der Waals surface area (Å²) in [5, 5.41) is 1.13. The van der Waals surface area contributed by atoms with Crippen LogP contribution < -0.4 is 4.74 Å². The summed E-state index contributed by atoms with van der Waals surface area (Å²) in [5.74, 6) is 0.938. The van der Waals surface area contributed by atoms with Gasteiger partial charge in [0, 0.05) is 12.0 Å². The van der Waals surface area contributed by atoms with Crippen LogP contribution in [0.25, 0.3) is 11.0 Å². The van der Waals surface area contributed by atoms with Gasteiger partial charge in [-0.1, -0.05) is 6.07 Å². The molecule has 1 aliphatic rings. The third kappa shape index (κ3) is 0.936. The summed E-state index contributed by atoms with van der Waals surface area (Å²) in [6.07, 6.45) is 0.921. The van der Waals surface area contributed by atoms with Crippen LogP contribution in [0.5, 0.6) is 5.75 Å². The van der Waals surface area contributed by atoms with Gasteiger partial charge in [0.05, 0.1) is 12.0 Å². The smallest absolute Gasteiger partial charge is 0.173 e. The van der Waals surface area contributed by atoms with Crippen LogP contribution in [0.4, 0.5) is 0 Å². The van der Waals surface area contributed by atoms with Gasteiger partial charge in [0.25, 0.3) is 0 Å². The zero-order valence-corrected chi connectivity index (χ0v) is 8.43. The van der Waals surface area contributed by atoms with Gasteiger partial charge in [0.2, 0.25) is 0 Å². The number of furan rings is 1. The fourth-order valence-corrected chi connectivity index (χ4v) is 2.33. The lowest BCUT2D eigenvalue weighted by molar-refractivity contribution is 0.318. The zero-order valence-electron chi connectivity index (χ0n) is 6.84. The molecule has 2 aromatic rings. The highest BCUT2D eigenvalue weighted by molar-refractivity contribution is 9.10. The van der Waals surface area contributed by atoms with E-state index in [4.69, 9.17) is 9.15 Å². The summed E-state index contributed by atoms with van der Waals surface area (Å²) in [4.78, 5) is 0. The first-order chi connectivity index (χ1) is 6.36. The Morgan fingerprint density at radius 2 is 2.23 bits per heavy atom. The molecule has 2 heterocycles. The van der Waals surface area contributed by atoms with E-state index in [9.17, 15) is 0 Å². The molecule has 1 aliphatic heterocycles. The molecule has 66 valence electrons. The highest BCUT2D eigenvalue weighted by Gasteiger charge is 2.19. The Hall–Kier alpha value is -0.960. The van der Waals surface area contributed by atoms with E-state index in [2.05, 4.69) is 15.9 Å². The Kier molecular flexibility index (Phi) is 1.44. The number of ether oxygens (including phenoxy) is 1. The molecule has 0 unspecified atom stereocenters. The molecule has 0 radical (unpaired) electrons. The molecule has 0 aliphatic carbocycles. The van der Waals surface area contributed by atoms with Crippen LogP contribution >= 0.6 is 15.9 Å². The van der Waals surface area contributed by atoms with Crippen LogP contribution in [0.2, 0.25) is 0 Å². The van der Waals surface area contributed by atoms with E-state index in [1.54, 1.807) is 0 Å². The van der Waals surface area contributed by atoms with Gasteiger partial charge in [-0.05, 0) is 28.1 Å². The van der Waals surface area contributed by atoms with Gasteiger partial charge >= 0.3 is 0 Å². The fourth-order valence-electron chi connectivity index (χ4n) is 1.76. The maximum atomic E-state index is 5.55. The van der Waals surface area contributed by atoms with Crippen molar-refractivity contribution in [2.24, 2.45) is 0 Å². The molecule has 0 bridgehead atoms. The molecule has 3 rings (SSSR count). The van der Waals surface area contributed by atoms with Gasteiger partial charge in [-0.15, -0.1) is 0 Å². The Balaban J connectivity index is 2.51. The lowest BCUT2D eigenvalue weighted by atomic mass is 10.1. The zero-order chi connectivity index (χ0) is 8.84. The van der Waals surface area contributed by atoms with Crippen LogP contribution in [0, 0.1) is 0 Å². The molecule has 1 aromatic heterocycles. The molecule has 13 heavy (non-hydrogen) atoms. The Morgan fingerprint density at radius 1 is 1.31 bits per heavy atom. The Labute approximate surface area is 83.6 Å². The van der Waals surface area contributed by atoms with Crippen molar-refractivity contribution in [1.29, 1.82) is 0 Å². The highest BCUT2D eigenvalue weighted by Crippen LogP contribution is 2.38. The summed E-state index contributed by atoms with van der Waals surface area (Å²) in [6, 6.07) is 5.89. The van der Waals surface area contributed by atoms with Gasteiger partial charge < -0.3 is 9.15 Å². The average molecular weight is 239 g/mol. The number of hydrogen-bond donors (Lipinski definition) is 0. The molecule has 1 aromatic carbocycles. The fraction of sp³-hybridized carbons (Fsp3) is 0.200. The molecule has 0 amide bonds. The van der Waals surface area contributed by atoms with E-state index >= 15 is 0 Å². The van der Waals surface area contributed by atoms with Crippen LogP contribution in [0.3, 0.4) is 0 Å². The first kappa shape index (κ1) is 7.44. The number of rotatable bonds is 0. The molecule has 0 N–H and O–H groups in total. The minimum atomic E-state index is 0.740. The van der Waals surface area contributed by atoms with Crippen molar-refractivity contribution < 1.29 is 9.15 Å². The summed E-state index contributed by atoms with van der Waals surface area (Å²) in [6.45, 7) is 0.740. The highest BCUT2D eigenvalue weighted by atomic mass is 79.9. The summed E-state index contributed by atoms with van der Waals surface area (Å²) in [5.41, 5.74) is 2.14. The van der Waals surface area contributed by atoms with Crippen molar-refractivity contribution in [3.8, 4) is 5.75 Å². The second-order valence-electron chi connectivity index (χ2n) is 3.08. The molecular formula is C10H7BrO2. The van der Waals surface area contributed by atoms with E-state index in [0.717, 1.165) is 34.4 Å². The second-order valence-corrected chi connectivity index (χ2v) is 3.80. The van der Waals surface area contributed by atoms with Crippen molar-refractivity contribution in [3.63, 3.8) is 0 Å². The van der Waals surface area contributed by atoms with Gasteiger partial charge in [-0.2, -0.15) is 0 Å². The predicted octanol–water partition coefficient (Wildman–Crippen LogP) is 3.13. The minimum absolute atomic E-state index is 0.740. The SMILES string of the molecule is Brc1oc2cccc3c2c1CCO3. The maximum absolute atomic E-state index is 5.55. The first-order valence-corrected chi connectivity index (χ1v) is 4.98. The average Bonchev–Trinajstić information content (AvgIpc) is 2.47. The predicted molar refractivity (Wildman–Crippen MR) is 53.1 cm³/mol. The largest absolute Gasteiger partial charge is 0.492 e. The molecule has 0 atom stereocenters. The quantitative estimate of drug-likeness (QED) is 0.704. The van der Waals surface area contributed by atoms with Gasteiger partial charge in [0.15, 0.2) is 4.67 Å². The molecule has 0 fully saturated rings. The van der Waals surface area contributed by atoms with Gasteiger partial charge in [-0.3, -0.25) is 0 Å². The van der Waals surface area contributed by atoms with Crippen LogP contribution in [-0.2, 0) is 6.42 Å². The van der Waals surface area contributed by atoms with Crippen LogP contribution in [-0.4, -0.2) is 6.61 Å².